The van der Waals surface area contributed by atoms with Gasteiger partial charge in [-0.15, -0.1) is 0 Å². The van der Waals surface area contributed by atoms with Gasteiger partial charge in [-0.3, -0.25) is 9.69 Å². The minimum absolute atomic E-state index is 0.508. The molecule has 2 N–H and O–H groups in total. The second-order valence-electron chi connectivity index (χ2n) is 6.87. The summed E-state index contributed by atoms with van der Waals surface area (Å²) in [6.45, 7) is 3.36. The number of Topliss-reactive ketones (excluding diaryl/α,β-unsaturated/α-hetero) is 1. The van der Waals surface area contributed by atoms with Gasteiger partial charge in [-0.2, -0.15) is 0 Å². The molecule has 108 valence electrons. The molecule has 1 aliphatic carbocycles. The lowest BCUT2D eigenvalue weighted by Crippen LogP contribution is -2.56. The highest BCUT2D eigenvalue weighted by Gasteiger charge is 2.42. The highest BCUT2D eigenvalue weighted by atomic mass is 16.1. The SMILES string of the molecule is NCC1CCCN2CCCC(C3CCCC(=O)C3)C12. The molecule has 0 amide bonds. The number of hydrogen-bond donors (Lipinski definition) is 1. The maximum atomic E-state index is 11.8. The number of fused-ring (bicyclic) bond motifs is 1. The highest BCUT2D eigenvalue weighted by Crippen LogP contribution is 2.42. The summed E-state index contributed by atoms with van der Waals surface area (Å²) in [6.07, 6.45) is 9.35. The van der Waals surface area contributed by atoms with Crippen molar-refractivity contribution < 1.29 is 4.79 Å². The third kappa shape index (κ3) is 2.73. The van der Waals surface area contributed by atoms with Crippen LogP contribution < -0.4 is 5.73 Å². The summed E-state index contributed by atoms with van der Waals surface area (Å²) in [7, 11) is 0. The molecule has 0 bridgehead atoms. The van der Waals surface area contributed by atoms with Crippen LogP contribution in [-0.4, -0.2) is 36.4 Å². The van der Waals surface area contributed by atoms with Crippen LogP contribution in [0.1, 0.15) is 51.4 Å². The minimum atomic E-state index is 0.508. The number of rotatable bonds is 2. The molecule has 3 aliphatic rings. The van der Waals surface area contributed by atoms with Crippen LogP contribution in [0, 0.1) is 17.8 Å². The van der Waals surface area contributed by atoms with E-state index in [9.17, 15) is 4.79 Å². The lowest BCUT2D eigenvalue weighted by molar-refractivity contribution is -0.123. The van der Waals surface area contributed by atoms with Crippen LogP contribution in [-0.2, 0) is 4.79 Å². The van der Waals surface area contributed by atoms with Crippen LogP contribution >= 0.6 is 0 Å². The maximum absolute atomic E-state index is 11.8. The molecule has 0 aromatic carbocycles. The quantitative estimate of drug-likeness (QED) is 0.831. The molecule has 1 saturated carbocycles. The molecule has 4 unspecified atom stereocenters. The van der Waals surface area contributed by atoms with Gasteiger partial charge >= 0.3 is 0 Å². The molecule has 0 aromatic heterocycles. The van der Waals surface area contributed by atoms with E-state index in [0.717, 1.165) is 31.7 Å². The number of carbonyl (C=O) groups excluding carboxylic acids is 1. The molecule has 3 heteroatoms. The zero-order valence-electron chi connectivity index (χ0n) is 12.0. The molecular weight excluding hydrogens is 236 g/mol. The predicted molar refractivity (Wildman–Crippen MR) is 76.8 cm³/mol. The lowest BCUT2D eigenvalue weighted by atomic mass is 9.67. The fraction of sp³-hybridized carbons (Fsp3) is 0.938. The average molecular weight is 264 g/mol. The first-order valence-corrected chi connectivity index (χ1v) is 8.25. The van der Waals surface area contributed by atoms with Crippen molar-refractivity contribution in [1.82, 2.24) is 4.90 Å². The van der Waals surface area contributed by atoms with Crippen LogP contribution in [0.25, 0.3) is 0 Å². The maximum Gasteiger partial charge on any atom is 0.133 e. The second kappa shape index (κ2) is 5.92. The summed E-state index contributed by atoms with van der Waals surface area (Å²) < 4.78 is 0. The number of ketones is 1. The Morgan fingerprint density at radius 1 is 1.11 bits per heavy atom. The van der Waals surface area contributed by atoms with E-state index in [1.165, 1.54) is 45.2 Å². The van der Waals surface area contributed by atoms with E-state index in [1.807, 2.05) is 0 Å². The molecule has 3 nitrogen and oxygen atoms in total. The molecule has 0 aromatic rings. The molecule has 2 heterocycles. The molecule has 2 saturated heterocycles. The number of nitrogens with zero attached hydrogens (tertiary/aromatic N) is 1. The first-order valence-electron chi connectivity index (χ1n) is 8.25. The van der Waals surface area contributed by atoms with Gasteiger partial charge in [-0.1, -0.05) is 0 Å². The summed E-state index contributed by atoms with van der Waals surface area (Å²) >= 11 is 0. The summed E-state index contributed by atoms with van der Waals surface area (Å²) in [5, 5.41) is 0. The number of carbonyl (C=O) groups is 1. The van der Waals surface area contributed by atoms with Crippen molar-refractivity contribution >= 4 is 5.78 Å². The van der Waals surface area contributed by atoms with Gasteiger partial charge in [-0.25, -0.2) is 0 Å². The van der Waals surface area contributed by atoms with Gasteiger partial charge in [0.1, 0.15) is 5.78 Å². The summed E-state index contributed by atoms with van der Waals surface area (Å²) in [4.78, 5) is 14.5. The largest absolute Gasteiger partial charge is 0.330 e. The van der Waals surface area contributed by atoms with E-state index in [1.54, 1.807) is 0 Å². The first kappa shape index (κ1) is 13.6. The summed E-state index contributed by atoms with van der Waals surface area (Å²) in [6, 6.07) is 0.684. The minimum Gasteiger partial charge on any atom is -0.330 e. The summed E-state index contributed by atoms with van der Waals surface area (Å²) in [5.41, 5.74) is 6.04. The fourth-order valence-electron chi connectivity index (χ4n) is 4.95. The zero-order chi connectivity index (χ0) is 13.2. The molecule has 4 atom stereocenters. The fourth-order valence-corrected chi connectivity index (χ4v) is 4.95. The van der Waals surface area contributed by atoms with E-state index in [-0.39, 0.29) is 0 Å². The molecule has 2 aliphatic heterocycles. The standard InChI is InChI=1S/C16H28N2O/c17-11-13-5-2-8-18-9-3-7-15(16(13)18)12-4-1-6-14(19)10-12/h12-13,15-16H,1-11,17H2. The van der Waals surface area contributed by atoms with Crippen molar-refractivity contribution in [3.8, 4) is 0 Å². The van der Waals surface area contributed by atoms with Crippen LogP contribution in [0.4, 0.5) is 0 Å². The lowest BCUT2D eigenvalue weighted by Gasteiger charge is -2.51. The zero-order valence-corrected chi connectivity index (χ0v) is 12.0. The Morgan fingerprint density at radius 2 is 1.89 bits per heavy atom. The Bertz CT molecular complexity index is 322. The molecule has 0 radical (unpaired) electrons. The first-order chi connectivity index (χ1) is 9.29. The topological polar surface area (TPSA) is 46.3 Å². The number of piperidine rings is 2. The monoisotopic (exact) mass is 264 g/mol. The van der Waals surface area contributed by atoms with Crippen molar-refractivity contribution in [3.05, 3.63) is 0 Å². The van der Waals surface area contributed by atoms with E-state index < -0.39 is 0 Å². The van der Waals surface area contributed by atoms with Crippen LogP contribution in [0.3, 0.4) is 0 Å². The second-order valence-corrected chi connectivity index (χ2v) is 6.87. The molecule has 0 spiro atoms. The van der Waals surface area contributed by atoms with Gasteiger partial charge < -0.3 is 5.73 Å². The van der Waals surface area contributed by atoms with E-state index in [0.29, 0.717) is 23.7 Å². The number of nitrogens with two attached hydrogens (primary N) is 1. The normalized spacial score (nSPS) is 41.0. The van der Waals surface area contributed by atoms with E-state index in [2.05, 4.69) is 4.90 Å². The highest BCUT2D eigenvalue weighted by molar-refractivity contribution is 5.79. The van der Waals surface area contributed by atoms with Gasteiger partial charge in [0.15, 0.2) is 0 Å². The van der Waals surface area contributed by atoms with Crippen LogP contribution in [0.15, 0.2) is 0 Å². The van der Waals surface area contributed by atoms with Crippen LogP contribution in [0.2, 0.25) is 0 Å². The Hall–Kier alpha value is -0.410. The van der Waals surface area contributed by atoms with Crippen molar-refractivity contribution in [3.63, 3.8) is 0 Å². The van der Waals surface area contributed by atoms with Crippen molar-refractivity contribution in [2.45, 2.75) is 57.4 Å². The third-order valence-electron chi connectivity index (χ3n) is 5.77. The van der Waals surface area contributed by atoms with Gasteiger partial charge in [0.2, 0.25) is 0 Å². The van der Waals surface area contributed by atoms with Crippen molar-refractivity contribution in [2.24, 2.45) is 23.5 Å². The Labute approximate surface area is 116 Å². The van der Waals surface area contributed by atoms with Gasteiger partial charge in [-0.05, 0) is 75.9 Å². The van der Waals surface area contributed by atoms with Gasteiger partial charge in [0, 0.05) is 18.9 Å². The molecular formula is C16H28N2O. The number of hydrogen-bond acceptors (Lipinski definition) is 3. The van der Waals surface area contributed by atoms with Crippen LogP contribution in [0.5, 0.6) is 0 Å². The molecule has 19 heavy (non-hydrogen) atoms. The Balaban J connectivity index is 1.76. The predicted octanol–water partition coefficient (Wildman–Crippen LogP) is 2.19. The van der Waals surface area contributed by atoms with E-state index >= 15 is 0 Å². The third-order valence-corrected chi connectivity index (χ3v) is 5.77. The van der Waals surface area contributed by atoms with E-state index in [4.69, 9.17) is 5.73 Å². The van der Waals surface area contributed by atoms with Crippen molar-refractivity contribution in [2.75, 3.05) is 19.6 Å². The van der Waals surface area contributed by atoms with Crippen molar-refractivity contribution in [1.29, 1.82) is 0 Å². The smallest absolute Gasteiger partial charge is 0.133 e. The average Bonchev–Trinajstić information content (AvgIpc) is 2.46. The Morgan fingerprint density at radius 3 is 2.63 bits per heavy atom. The van der Waals surface area contributed by atoms with Gasteiger partial charge in [0.05, 0.1) is 0 Å². The Kier molecular flexibility index (Phi) is 4.23. The molecule has 3 fully saturated rings. The molecule has 3 rings (SSSR count). The van der Waals surface area contributed by atoms with Gasteiger partial charge in [0.25, 0.3) is 0 Å². The summed E-state index contributed by atoms with van der Waals surface area (Å²) in [5.74, 6) is 2.58.